The molecule has 2 atom stereocenters. The zero-order valence-corrected chi connectivity index (χ0v) is 10.5. The van der Waals surface area contributed by atoms with Gasteiger partial charge in [-0.25, -0.2) is 4.98 Å². The summed E-state index contributed by atoms with van der Waals surface area (Å²) in [5.74, 6) is 0.870. The van der Waals surface area contributed by atoms with Crippen molar-refractivity contribution in [3.05, 3.63) is 29.0 Å². The lowest BCUT2D eigenvalue weighted by Gasteiger charge is -2.27. The van der Waals surface area contributed by atoms with Crippen molar-refractivity contribution in [2.45, 2.75) is 45.2 Å². The van der Waals surface area contributed by atoms with Crippen molar-refractivity contribution in [3.8, 4) is 0 Å². The van der Waals surface area contributed by atoms with Gasteiger partial charge >= 0.3 is 0 Å². The molecule has 1 aliphatic rings. The van der Waals surface area contributed by atoms with E-state index in [9.17, 15) is 0 Å². The largest absolute Gasteiger partial charge is 0.310 e. The molecule has 0 radical (unpaired) electrons. The zero-order chi connectivity index (χ0) is 11.4. The van der Waals surface area contributed by atoms with Gasteiger partial charge < -0.3 is 5.32 Å². The van der Waals surface area contributed by atoms with Gasteiger partial charge in [0, 0.05) is 18.8 Å². The van der Waals surface area contributed by atoms with Crippen LogP contribution in [0.2, 0.25) is 5.15 Å². The quantitative estimate of drug-likeness (QED) is 0.817. The van der Waals surface area contributed by atoms with Crippen LogP contribution in [0.25, 0.3) is 0 Å². The summed E-state index contributed by atoms with van der Waals surface area (Å²) in [5.41, 5.74) is 1.21. The molecule has 0 saturated heterocycles. The van der Waals surface area contributed by atoms with Crippen molar-refractivity contribution in [2.75, 3.05) is 0 Å². The molecule has 2 nitrogen and oxygen atoms in total. The number of halogens is 1. The Balaban J connectivity index is 1.80. The summed E-state index contributed by atoms with van der Waals surface area (Å²) in [6.07, 6.45) is 7.21. The normalized spacial score (nSPS) is 25.6. The maximum absolute atomic E-state index is 5.75. The molecule has 1 heterocycles. The van der Waals surface area contributed by atoms with Crippen LogP contribution in [0.4, 0.5) is 0 Å². The van der Waals surface area contributed by atoms with Gasteiger partial charge in [0.25, 0.3) is 0 Å². The van der Waals surface area contributed by atoms with E-state index in [4.69, 9.17) is 11.6 Å². The molecule has 3 heteroatoms. The average Bonchev–Trinajstić information content (AvgIpc) is 2.28. The summed E-state index contributed by atoms with van der Waals surface area (Å²) in [6, 6.07) is 4.57. The van der Waals surface area contributed by atoms with E-state index in [2.05, 4.69) is 17.2 Å². The van der Waals surface area contributed by atoms with Gasteiger partial charge in [-0.05, 0) is 30.4 Å². The lowest BCUT2D eigenvalue weighted by Crippen LogP contribution is -2.33. The number of aromatic nitrogens is 1. The first-order chi connectivity index (χ1) is 7.74. The van der Waals surface area contributed by atoms with E-state index in [1.807, 2.05) is 18.3 Å². The van der Waals surface area contributed by atoms with Gasteiger partial charge in [0.1, 0.15) is 5.15 Å². The van der Waals surface area contributed by atoms with Crippen LogP contribution in [0, 0.1) is 5.92 Å². The second-order valence-electron chi connectivity index (χ2n) is 4.84. The monoisotopic (exact) mass is 238 g/mol. The third-order valence-corrected chi connectivity index (χ3v) is 3.54. The van der Waals surface area contributed by atoms with Crippen LogP contribution >= 0.6 is 11.6 Å². The first-order valence-electron chi connectivity index (χ1n) is 6.08. The van der Waals surface area contributed by atoms with Gasteiger partial charge in [0.2, 0.25) is 0 Å². The van der Waals surface area contributed by atoms with Gasteiger partial charge in [0.15, 0.2) is 0 Å². The van der Waals surface area contributed by atoms with Crippen LogP contribution in [0.5, 0.6) is 0 Å². The first-order valence-corrected chi connectivity index (χ1v) is 6.45. The van der Waals surface area contributed by atoms with E-state index in [0.717, 1.165) is 12.5 Å². The van der Waals surface area contributed by atoms with Gasteiger partial charge in [-0.2, -0.15) is 0 Å². The molecule has 2 unspecified atom stereocenters. The molecule has 0 aliphatic heterocycles. The van der Waals surface area contributed by atoms with Crippen molar-refractivity contribution in [1.29, 1.82) is 0 Å². The van der Waals surface area contributed by atoms with Crippen LogP contribution < -0.4 is 5.32 Å². The van der Waals surface area contributed by atoms with Crippen molar-refractivity contribution >= 4 is 11.6 Å². The summed E-state index contributed by atoms with van der Waals surface area (Å²) >= 11 is 5.75. The highest BCUT2D eigenvalue weighted by Gasteiger charge is 2.17. The molecule has 0 spiro atoms. The second-order valence-corrected chi connectivity index (χ2v) is 5.23. The predicted octanol–water partition coefficient (Wildman–Crippen LogP) is 3.40. The van der Waals surface area contributed by atoms with Crippen molar-refractivity contribution < 1.29 is 0 Å². The van der Waals surface area contributed by atoms with Gasteiger partial charge in [-0.1, -0.05) is 37.4 Å². The van der Waals surface area contributed by atoms with E-state index in [1.165, 1.54) is 31.2 Å². The Morgan fingerprint density at radius 1 is 1.44 bits per heavy atom. The molecule has 1 saturated carbocycles. The summed E-state index contributed by atoms with van der Waals surface area (Å²) < 4.78 is 0. The van der Waals surface area contributed by atoms with Crippen molar-refractivity contribution in [3.63, 3.8) is 0 Å². The van der Waals surface area contributed by atoms with Crippen LogP contribution in [0.15, 0.2) is 18.3 Å². The number of hydrogen-bond donors (Lipinski definition) is 1. The summed E-state index contributed by atoms with van der Waals surface area (Å²) in [7, 11) is 0. The van der Waals surface area contributed by atoms with Gasteiger partial charge in [-0.15, -0.1) is 0 Å². The molecule has 1 aliphatic carbocycles. The Kier molecular flexibility index (Phi) is 4.19. The molecular weight excluding hydrogens is 220 g/mol. The highest BCUT2D eigenvalue weighted by Crippen LogP contribution is 2.23. The van der Waals surface area contributed by atoms with E-state index in [0.29, 0.717) is 11.2 Å². The molecule has 1 aromatic heterocycles. The third kappa shape index (κ3) is 3.46. The molecule has 1 fully saturated rings. The van der Waals surface area contributed by atoms with Crippen molar-refractivity contribution in [1.82, 2.24) is 10.3 Å². The minimum atomic E-state index is 0.565. The number of rotatable bonds is 3. The predicted molar refractivity (Wildman–Crippen MR) is 67.5 cm³/mol. The summed E-state index contributed by atoms with van der Waals surface area (Å²) in [5, 5.41) is 4.17. The Labute approximate surface area is 102 Å². The Hall–Kier alpha value is -0.600. The zero-order valence-electron chi connectivity index (χ0n) is 9.75. The Morgan fingerprint density at radius 3 is 3.00 bits per heavy atom. The molecule has 0 bridgehead atoms. The Morgan fingerprint density at radius 2 is 2.31 bits per heavy atom. The lowest BCUT2D eigenvalue weighted by atomic mass is 9.87. The fourth-order valence-electron chi connectivity index (χ4n) is 2.39. The van der Waals surface area contributed by atoms with Gasteiger partial charge in [-0.3, -0.25) is 0 Å². The molecule has 1 aromatic rings. The standard InChI is InChI=1S/C13H19ClN2/c1-10-3-2-4-12(7-10)15-8-11-5-6-13(14)16-9-11/h5-6,9-10,12,15H,2-4,7-8H2,1H3. The molecular formula is C13H19ClN2. The number of nitrogens with one attached hydrogen (secondary N) is 1. The average molecular weight is 239 g/mol. The van der Waals surface area contributed by atoms with E-state index < -0.39 is 0 Å². The SMILES string of the molecule is CC1CCCC(NCc2ccc(Cl)nc2)C1. The number of nitrogens with zero attached hydrogens (tertiary/aromatic N) is 1. The molecule has 0 amide bonds. The van der Waals surface area contributed by atoms with Gasteiger partial charge in [0.05, 0.1) is 0 Å². The van der Waals surface area contributed by atoms with Crippen LogP contribution in [0.1, 0.15) is 38.2 Å². The topological polar surface area (TPSA) is 24.9 Å². The molecule has 88 valence electrons. The van der Waals surface area contributed by atoms with Crippen LogP contribution in [-0.4, -0.2) is 11.0 Å². The summed E-state index contributed by atoms with van der Waals surface area (Å²) in [6.45, 7) is 3.25. The molecule has 2 rings (SSSR count). The second kappa shape index (κ2) is 5.65. The third-order valence-electron chi connectivity index (χ3n) is 3.32. The maximum Gasteiger partial charge on any atom is 0.129 e. The Bertz CT molecular complexity index is 323. The van der Waals surface area contributed by atoms with E-state index >= 15 is 0 Å². The van der Waals surface area contributed by atoms with E-state index in [-0.39, 0.29) is 0 Å². The minimum absolute atomic E-state index is 0.565. The minimum Gasteiger partial charge on any atom is -0.310 e. The molecule has 16 heavy (non-hydrogen) atoms. The van der Waals surface area contributed by atoms with Crippen LogP contribution in [-0.2, 0) is 6.54 Å². The number of hydrogen-bond acceptors (Lipinski definition) is 2. The highest BCUT2D eigenvalue weighted by molar-refractivity contribution is 6.29. The smallest absolute Gasteiger partial charge is 0.129 e. The number of pyridine rings is 1. The first kappa shape index (κ1) is 11.9. The fraction of sp³-hybridized carbons (Fsp3) is 0.615. The van der Waals surface area contributed by atoms with Crippen LogP contribution in [0.3, 0.4) is 0 Å². The fourth-order valence-corrected chi connectivity index (χ4v) is 2.50. The molecule has 1 N–H and O–H groups in total. The molecule has 0 aromatic carbocycles. The van der Waals surface area contributed by atoms with E-state index in [1.54, 1.807) is 0 Å². The van der Waals surface area contributed by atoms with Crippen molar-refractivity contribution in [2.24, 2.45) is 5.92 Å². The summed E-state index contributed by atoms with van der Waals surface area (Å²) in [4.78, 5) is 4.08. The lowest BCUT2D eigenvalue weighted by molar-refractivity contribution is 0.300. The maximum atomic E-state index is 5.75. The highest BCUT2D eigenvalue weighted by atomic mass is 35.5.